The number of aliphatic hydroxyl groups is 5. The van der Waals surface area contributed by atoms with Crippen molar-refractivity contribution in [3.8, 4) is 11.3 Å². The summed E-state index contributed by atoms with van der Waals surface area (Å²) in [6.45, 7) is 2.96. The number of halogens is 1. The van der Waals surface area contributed by atoms with Gasteiger partial charge in [-0.25, -0.2) is 27.1 Å². The van der Waals surface area contributed by atoms with Gasteiger partial charge in [0.15, 0.2) is 20.2 Å². The van der Waals surface area contributed by atoms with E-state index in [4.69, 9.17) is 15.3 Å². The third-order valence-electron chi connectivity index (χ3n) is 5.83. The van der Waals surface area contributed by atoms with E-state index < -0.39 is 40.4 Å². The predicted octanol–water partition coefficient (Wildman–Crippen LogP) is -0.651. The fraction of sp³-hybridized carbons (Fsp3) is 0.500. The van der Waals surface area contributed by atoms with Crippen LogP contribution in [-0.4, -0.2) is 107 Å². The van der Waals surface area contributed by atoms with Crippen molar-refractivity contribution in [2.24, 2.45) is 0 Å². The van der Waals surface area contributed by atoms with Crippen LogP contribution < -0.4 is 9.41 Å². The molecule has 230 valence electrons. The molecule has 0 unspecified atom stereocenters. The lowest BCUT2D eigenvalue weighted by atomic mass is 9.97. The lowest BCUT2D eigenvalue weighted by molar-refractivity contribution is -0.959. The number of carboxylic acid groups (broad SMARTS) is 1. The van der Waals surface area contributed by atoms with Crippen molar-refractivity contribution in [2.45, 2.75) is 44.8 Å². The zero-order chi connectivity index (χ0) is 31.5. The van der Waals surface area contributed by atoms with E-state index in [0.717, 1.165) is 10.6 Å². The third-order valence-corrected chi connectivity index (χ3v) is 6.99. The van der Waals surface area contributed by atoms with E-state index in [2.05, 4.69) is 9.97 Å². The van der Waals surface area contributed by atoms with Gasteiger partial charge in [0.25, 0.3) is 0 Å². The maximum Gasteiger partial charge on any atom is 0.239 e. The van der Waals surface area contributed by atoms with Crippen molar-refractivity contribution < 1.29 is 52.7 Å². The van der Waals surface area contributed by atoms with E-state index in [-0.39, 0.29) is 43.0 Å². The van der Waals surface area contributed by atoms with Gasteiger partial charge in [0, 0.05) is 37.0 Å². The molecule has 0 spiro atoms. The van der Waals surface area contributed by atoms with Gasteiger partial charge in [-0.1, -0.05) is 26.0 Å². The molecule has 0 saturated carbocycles. The molecule has 1 heterocycles. The first-order valence-electron chi connectivity index (χ1n) is 12.5. The zero-order valence-corrected chi connectivity index (χ0v) is 24.5. The Hall–Kier alpha value is -3.05. The Morgan fingerprint density at radius 3 is 2.05 bits per heavy atom. The minimum Gasteiger partial charge on any atom is -0.550 e. The van der Waals surface area contributed by atoms with E-state index in [9.17, 15) is 32.9 Å². The first-order chi connectivity index (χ1) is 19.0. The number of benzene rings is 1. The molecule has 13 nitrogen and oxygen atoms in total. The number of carboxylic acids is 1. The summed E-state index contributed by atoms with van der Waals surface area (Å²) in [7, 11) is -0.794. The highest BCUT2D eigenvalue weighted by Gasteiger charge is 2.22. The molecular formula is C26H39FN4O9S. The van der Waals surface area contributed by atoms with Gasteiger partial charge in [-0.15, -0.1) is 0 Å². The maximum absolute atomic E-state index is 13.5. The fourth-order valence-corrected chi connectivity index (χ4v) is 3.55. The van der Waals surface area contributed by atoms with Crippen molar-refractivity contribution in [2.75, 3.05) is 44.8 Å². The van der Waals surface area contributed by atoms with Crippen LogP contribution in [0.5, 0.6) is 0 Å². The zero-order valence-electron chi connectivity index (χ0n) is 23.7. The number of hydrogen-bond acceptors (Lipinski definition) is 11. The number of aromatic nitrogens is 2. The number of rotatable bonds is 13. The molecule has 1 aromatic carbocycles. The van der Waals surface area contributed by atoms with Crippen LogP contribution in [0.2, 0.25) is 0 Å². The number of sulfonamides is 1. The summed E-state index contributed by atoms with van der Waals surface area (Å²) in [5, 5.41) is 55.9. The van der Waals surface area contributed by atoms with E-state index in [1.807, 2.05) is 13.8 Å². The molecule has 0 amide bonds. The quantitative estimate of drug-likeness (QED) is 0.144. The minimum absolute atomic E-state index is 0.0670. The average Bonchev–Trinajstić information content (AvgIpc) is 2.90. The Labute approximate surface area is 239 Å². The molecule has 2 rings (SSSR count). The molecule has 41 heavy (non-hydrogen) atoms. The summed E-state index contributed by atoms with van der Waals surface area (Å²) in [6, 6.07) is 5.46. The Kier molecular flexibility index (Phi) is 13.9. The summed E-state index contributed by atoms with van der Waals surface area (Å²) in [6.07, 6.45) is 0.578. The van der Waals surface area contributed by atoms with Crippen LogP contribution in [0.4, 0.5) is 10.3 Å². The number of aliphatic carboxylic acids is 1. The van der Waals surface area contributed by atoms with E-state index in [1.165, 1.54) is 43.5 Å². The Morgan fingerprint density at radius 1 is 1.10 bits per heavy atom. The van der Waals surface area contributed by atoms with Gasteiger partial charge in [-0.3, -0.25) is 4.48 Å². The van der Waals surface area contributed by atoms with E-state index >= 15 is 0 Å². The second kappa shape index (κ2) is 15.8. The molecule has 5 N–H and O–H groups in total. The average molecular weight is 603 g/mol. The summed E-state index contributed by atoms with van der Waals surface area (Å²) in [5.41, 5.74) is 1.76. The number of aliphatic hydroxyl groups excluding tert-OH is 5. The van der Waals surface area contributed by atoms with Crippen LogP contribution in [0.1, 0.15) is 43.9 Å². The number of anilines is 1. The SMILES string of the molecule is CC(C)c1nc(N(C)S(C)(=O)=O)nc(-c2ccc(F)cc2)c1/C=C/[C@@H](O)C[C@@H](O)CC(=O)[O-].C[N+](CO)(CO)CO. The van der Waals surface area contributed by atoms with Gasteiger partial charge in [0.2, 0.25) is 16.0 Å². The molecule has 2 aromatic rings. The van der Waals surface area contributed by atoms with Gasteiger partial charge < -0.3 is 35.4 Å². The normalized spacial score (nSPS) is 13.6. The largest absolute Gasteiger partial charge is 0.550 e. The van der Waals surface area contributed by atoms with Gasteiger partial charge in [-0.05, 0) is 30.2 Å². The summed E-state index contributed by atoms with van der Waals surface area (Å²) < 4.78 is 38.4. The molecule has 0 aliphatic carbocycles. The van der Waals surface area contributed by atoms with Gasteiger partial charge >= 0.3 is 0 Å². The van der Waals surface area contributed by atoms with Crippen LogP contribution in [0.15, 0.2) is 30.3 Å². The number of hydrogen-bond donors (Lipinski definition) is 5. The maximum atomic E-state index is 13.5. The Bertz CT molecular complexity index is 1260. The summed E-state index contributed by atoms with van der Waals surface area (Å²) >= 11 is 0. The molecule has 0 aliphatic heterocycles. The number of carbonyl (C=O) groups is 1. The molecule has 2 atom stereocenters. The molecule has 0 saturated heterocycles. The number of carbonyl (C=O) groups excluding carboxylic acids is 1. The first kappa shape index (κ1) is 36.0. The first-order valence-corrected chi connectivity index (χ1v) is 14.3. The Morgan fingerprint density at radius 2 is 1.63 bits per heavy atom. The van der Waals surface area contributed by atoms with Crippen LogP contribution in [-0.2, 0) is 14.8 Å². The van der Waals surface area contributed by atoms with Crippen LogP contribution in [0, 0.1) is 5.82 Å². The van der Waals surface area contributed by atoms with Crippen molar-refractivity contribution in [3.63, 3.8) is 0 Å². The number of quaternary nitrogens is 1. The molecular weight excluding hydrogens is 563 g/mol. The Balaban J connectivity index is 0.000000915. The summed E-state index contributed by atoms with van der Waals surface area (Å²) in [5.74, 6) is -2.14. The molecule has 15 heteroatoms. The highest BCUT2D eigenvalue weighted by Crippen LogP contribution is 2.31. The fourth-order valence-electron chi connectivity index (χ4n) is 3.17. The van der Waals surface area contributed by atoms with Crippen molar-refractivity contribution in [1.29, 1.82) is 0 Å². The number of nitrogens with zero attached hydrogens (tertiary/aromatic N) is 4. The minimum atomic E-state index is -3.66. The molecule has 0 aliphatic rings. The van der Waals surface area contributed by atoms with Gasteiger partial charge in [-0.2, -0.15) is 0 Å². The van der Waals surface area contributed by atoms with Gasteiger partial charge in [0.05, 0.1) is 36.9 Å². The second-order valence-electron chi connectivity index (χ2n) is 10.00. The molecule has 0 bridgehead atoms. The lowest BCUT2D eigenvalue weighted by Gasteiger charge is -2.25. The van der Waals surface area contributed by atoms with Crippen LogP contribution >= 0.6 is 0 Å². The molecule has 1 aromatic heterocycles. The van der Waals surface area contributed by atoms with E-state index in [0.29, 0.717) is 22.5 Å². The highest BCUT2D eigenvalue weighted by molar-refractivity contribution is 7.92. The second-order valence-corrected chi connectivity index (χ2v) is 12.0. The lowest BCUT2D eigenvalue weighted by Crippen LogP contribution is -2.46. The standard InChI is InChI=1S/C22H28FN3O6S.C4H12NO3/c1-13(2)20-18(10-9-16(27)11-17(28)12-19(29)30)21(14-5-7-15(23)8-6-14)25-22(24-20)26(3)33(4,31)32;1-5(2-6,3-7)4-8/h5-10,13,16-17,27-28H,11-12H2,1-4H3,(H,29,30);6-8H,2-4H2,1H3/q;+1/p-1/b10-9+;/t16-,17-;/m1./s1. The van der Waals surface area contributed by atoms with E-state index in [1.54, 1.807) is 7.05 Å². The van der Waals surface area contributed by atoms with Crippen LogP contribution in [0.25, 0.3) is 17.3 Å². The highest BCUT2D eigenvalue weighted by atomic mass is 32.2. The van der Waals surface area contributed by atoms with Crippen molar-refractivity contribution in [1.82, 2.24) is 9.97 Å². The summed E-state index contributed by atoms with van der Waals surface area (Å²) in [4.78, 5) is 19.4. The third kappa shape index (κ3) is 11.4. The smallest absolute Gasteiger partial charge is 0.239 e. The van der Waals surface area contributed by atoms with Crippen molar-refractivity contribution >= 4 is 28.0 Å². The topological polar surface area (TPSA) is 204 Å². The molecule has 0 fully saturated rings. The monoisotopic (exact) mass is 602 g/mol. The van der Waals surface area contributed by atoms with Crippen molar-refractivity contribution in [3.05, 3.63) is 47.4 Å². The predicted molar refractivity (Wildman–Crippen MR) is 147 cm³/mol. The molecule has 0 radical (unpaired) electrons. The van der Waals surface area contributed by atoms with Gasteiger partial charge in [0.1, 0.15) is 5.82 Å². The van der Waals surface area contributed by atoms with Crippen LogP contribution in [0.3, 0.4) is 0 Å².